The summed E-state index contributed by atoms with van der Waals surface area (Å²) in [7, 11) is 0. The lowest BCUT2D eigenvalue weighted by molar-refractivity contribution is 0.305. The number of aryl methyl sites for hydroxylation is 2. The van der Waals surface area contributed by atoms with Crippen LogP contribution < -0.4 is 9.64 Å². The van der Waals surface area contributed by atoms with Crippen molar-refractivity contribution in [2.75, 3.05) is 18.0 Å². The van der Waals surface area contributed by atoms with E-state index < -0.39 is 0 Å². The number of ether oxygens (including phenoxy) is 1. The van der Waals surface area contributed by atoms with Crippen molar-refractivity contribution < 1.29 is 4.74 Å². The van der Waals surface area contributed by atoms with Gasteiger partial charge in [-0.1, -0.05) is 6.07 Å². The zero-order chi connectivity index (χ0) is 17.2. The Morgan fingerprint density at radius 1 is 1.08 bits per heavy atom. The van der Waals surface area contributed by atoms with Crippen LogP contribution in [-0.4, -0.2) is 23.1 Å². The van der Waals surface area contributed by atoms with Gasteiger partial charge in [-0.3, -0.25) is 9.97 Å². The second-order valence-corrected chi connectivity index (χ2v) is 6.69. The number of aromatic nitrogens is 2. The van der Waals surface area contributed by atoms with Crippen molar-refractivity contribution in [1.29, 1.82) is 0 Å². The van der Waals surface area contributed by atoms with Gasteiger partial charge in [-0.25, -0.2) is 0 Å². The molecule has 4 rings (SSSR count). The van der Waals surface area contributed by atoms with Crippen LogP contribution in [0.25, 0.3) is 10.9 Å². The maximum atomic E-state index is 5.99. The summed E-state index contributed by atoms with van der Waals surface area (Å²) in [5, 5.41) is 1.21. The maximum Gasteiger partial charge on any atom is 0.122 e. The van der Waals surface area contributed by atoms with Crippen LogP contribution in [0, 0.1) is 13.8 Å². The fraction of sp³-hybridized carbons (Fsp3) is 0.333. The minimum atomic E-state index is 0. The zero-order valence-electron chi connectivity index (χ0n) is 15.2. The first kappa shape index (κ1) is 18.5. The van der Waals surface area contributed by atoms with E-state index in [-0.39, 0.29) is 12.4 Å². The van der Waals surface area contributed by atoms with E-state index in [4.69, 9.17) is 9.72 Å². The van der Waals surface area contributed by atoms with Gasteiger partial charge in [0.25, 0.3) is 0 Å². The van der Waals surface area contributed by atoms with Crippen LogP contribution in [0.15, 0.2) is 42.6 Å². The highest BCUT2D eigenvalue weighted by Gasteiger charge is 2.16. The van der Waals surface area contributed by atoms with Gasteiger partial charge in [0.2, 0.25) is 0 Å². The molecule has 0 atom stereocenters. The van der Waals surface area contributed by atoms with E-state index in [1.54, 1.807) is 6.20 Å². The molecule has 0 saturated carbocycles. The molecule has 3 aromatic rings. The molecule has 0 spiro atoms. The highest BCUT2D eigenvalue weighted by molar-refractivity contribution is 5.93. The molecule has 2 aromatic heterocycles. The molecule has 0 N–H and O–H groups in total. The molecule has 1 fully saturated rings. The topological polar surface area (TPSA) is 38.2 Å². The fourth-order valence-electron chi connectivity index (χ4n) is 3.46. The molecule has 1 aliphatic rings. The van der Waals surface area contributed by atoms with Gasteiger partial charge in [-0.15, -0.1) is 12.4 Å². The summed E-state index contributed by atoms with van der Waals surface area (Å²) in [4.78, 5) is 11.5. The number of benzene rings is 1. The van der Waals surface area contributed by atoms with Crippen molar-refractivity contribution in [2.45, 2.75) is 33.3 Å². The average Bonchev–Trinajstić information content (AvgIpc) is 3.14. The van der Waals surface area contributed by atoms with Crippen LogP contribution in [0.1, 0.15) is 29.8 Å². The third-order valence-electron chi connectivity index (χ3n) is 4.85. The lowest BCUT2D eigenvalue weighted by atomic mass is 10.1. The number of fused-ring (bicyclic) bond motifs is 1. The Bertz CT molecular complexity index is 907. The predicted molar refractivity (Wildman–Crippen MR) is 108 cm³/mol. The minimum absolute atomic E-state index is 0. The van der Waals surface area contributed by atoms with Crippen LogP contribution in [-0.2, 0) is 6.61 Å². The highest BCUT2D eigenvalue weighted by Crippen LogP contribution is 2.31. The summed E-state index contributed by atoms with van der Waals surface area (Å²) in [5.41, 5.74) is 5.47. The summed E-state index contributed by atoms with van der Waals surface area (Å²) < 4.78 is 5.99. The normalized spacial score (nSPS) is 13.7. The van der Waals surface area contributed by atoms with Crippen molar-refractivity contribution >= 4 is 29.0 Å². The molecular formula is C21H24ClN3O. The highest BCUT2D eigenvalue weighted by atomic mass is 35.5. The quantitative estimate of drug-likeness (QED) is 0.659. The molecule has 0 aliphatic carbocycles. The second kappa shape index (κ2) is 7.92. The average molecular weight is 370 g/mol. The first-order chi connectivity index (χ1) is 12.2. The van der Waals surface area contributed by atoms with E-state index >= 15 is 0 Å². The Kier molecular flexibility index (Phi) is 5.62. The molecule has 3 heterocycles. The van der Waals surface area contributed by atoms with Crippen LogP contribution in [0.5, 0.6) is 5.75 Å². The van der Waals surface area contributed by atoms with Crippen LogP contribution >= 0.6 is 12.4 Å². The molecule has 0 amide bonds. The van der Waals surface area contributed by atoms with Crippen molar-refractivity contribution in [3.63, 3.8) is 0 Å². The third-order valence-corrected chi connectivity index (χ3v) is 4.85. The number of rotatable bonds is 4. The van der Waals surface area contributed by atoms with E-state index in [9.17, 15) is 0 Å². The van der Waals surface area contributed by atoms with Gasteiger partial charge in [0, 0.05) is 53.4 Å². The first-order valence-electron chi connectivity index (χ1n) is 8.90. The summed E-state index contributed by atoms with van der Waals surface area (Å²) in [5.74, 6) is 0.848. The van der Waals surface area contributed by atoms with Gasteiger partial charge >= 0.3 is 0 Å². The minimum Gasteiger partial charge on any atom is -0.489 e. The summed E-state index contributed by atoms with van der Waals surface area (Å²) >= 11 is 0. The predicted octanol–water partition coefficient (Wildman–Crippen LogP) is 4.85. The maximum absolute atomic E-state index is 5.99. The van der Waals surface area contributed by atoms with E-state index in [2.05, 4.69) is 35.0 Å². The van der Waals surface area contributed by atoms with E-state index in [1.807, 2.05) is 25.1 Å². The van der Waals surface area contributed by atoms with Crippen molar-refractivity contribution in [3.8, 4) is 5.75 Å². The molecule has 0 unspecified atom stereocenters. The molecular weight excluding hydrogens is 346 g/mol. The molecule has 4 nitrogen and oxygen atoms in total. The Morgan fingerprint density at radius 3 is 2.65 bits per heavy atom. The molecule has 0 bridgehead atoms. The molecule has 1 aliphatic heterocycles. The molecule has 136 valence electrons. The summed E-state index contributed by atoms with van der Waals surface area (Å²) in [6, 6.07) is 12.4. The smallest absolute Gasteiger partial charge is 0.122 e. The number of hydrogen-bond donors (Lipinski definition) is 0. The number of pyridine rings is 2. The van der Waals surface area contributed by atoms with Crippen molar-refractivity contribution in [2.24, 2.45) is 0 Å². The standard InChI is InChI=1S/C21H23N3O.ClH/c1-15-12-21(24-10-3-4-11-24)19-8-7-18(13-20(19)23-15)25-14-17-6-5-9-22-16(17)2;/h5-9,12-13H,3-4,10-11,14H2,1-2H3;1H. The molecule has 0 radical (unpaired) electrons. The van der Waals surface area contributed by atoms with Gasteiger partial charge < -0.3 is 9.64 Å². The molecule has 5 heteroatoms. The van der Waals surface area contributed by atoms with Crippen LogP contribution in [0.4, 0.5) is 5.69 Å². The van der Waals surface area contributed by atoms with Gasteiger partial charge in [0.05, 0.1) is 5.52 Å². The van der Waals surface area contributed by atoms with Gasteiger partial charge in [0.15, 0.2) is 0 Å². The molecule has 26 heavy (non-hydrogen) atoms. The Balaban J connectivity index is 0.00000196. The zero-order valence-corrected chi connectivity index (χ0v) is 16.1. The van der Waals surface area contributed by atoms with Crippen LogP contribution in [0.2, 0.25) is 0 Å². The van der Waals surface area contributed by atoms with Crippen molar-refractivity contribution in [3.05, 3.63) is 59.5 Å². The Labute approximate surface area is 160 Å². The number of nitrogens with zero attached hydrogens (tertiary/aromatic N) is 3. The van der Waals surface area contributed by atoms with E-state index in [1.165, 1.54) is 23.9 Å². The van der Waals surface area contributed by atoms with E-state index in [0.717, 1.165) is 41.3 Å². The first-order valence-corrected chi connectivity index (χ1v) is 8.90. The van der Waals surface area contributed by atoms with E-state index in [0.29, 0.717) is 6.61 Å². The van der Waals surface area contributed by atoms with Crippen molar-refractivity contribution in [1.82, 2.24) is 9.97 Å². The number of anilines is 1. The fourth-order valence-corrected chi connectivity index (χ4v) is 3.46. The largest absolute Gasteiger partial charge is 0.489 e. The lowest BCUT2D eigenvalue weighted by Crippen LogP contribution is -2.18. The monoisotopic (exact) mass is 369 g/mol. The summed E-state index contributed by atoms with van der Waals surface area (Å²) in [6.45, 7) is 6.86. The Morgan fingerprint density at radius 2 is 1.88 bits per heavy atom. The number of halogens is 1. The summed E-state index contributed by atoms with van der Waals surface area (Å²) in [6.07, 6.45) is 4.35. The third kappa shape index (κ3) is 3.75. The SMILES string of the molecule is Cc1cc(N2CCCC2)c2ccc(OCc3cccnc3C)cc2n1.Cl. The van der Waals surface area contributed by atoms with Gasteiger partial charge in [-0.2, -0.15) is 0 Å². The molecule has 1 saturated heterocycles. The lowest BCUT2D eigenvalue weighted by Gasteiger charge is -2.20. The van der Waals surface area contributed by atoms with Gasteiger partial charge in [0.1, 0.15) is 12.4 Å². The molecule has 1 aromatic carbocycles. The van der Waals surface area contributed by atoms with Gasteiger partial charge in [-0.05, 0) is 51.0 Å². The second-order valence-electron chi connectivity index (χ2n) is 6.69. The van der Waals surface area contributed by atoms with Crippen LogP contribution in [0.3, 0.4) is 0 Å². The number of hydrogen-bond acceptors (Lipinski definition) is 4. The Hall–Kier alpha value is -2.33.